The van der Waals surface area contributed by atoms with Crippen LogP contribution in [0.4, 0.5) is 0 Å². The fourth-order valence-corrected chi connectivity index (χ4v) is 4.44. The van der Waals surface area contributed by atoms with E-state index in [1.54, 1.807) is 6.92 Å². The summed E-state index contributed by atoms with van der Waals surface area (Å²) >= 11 is 0. The SMILES string of the molecule is CCNC(=NCCN1CCN(C(C)=O)CC1)N1CCCC2(CNC(=O)C2)C1.I. The first-order chi connectivity index (χ1) is 13.0. The highest BCUT2D eigenvalue weighted by Crippen LogP contribution is 2.35. The van der Waals surface area contributed by atoms with Crippen molar-refractivity contribution in [3.8, 4) is 0 Å². The van der Waals surface area contributed by atoms with E-state index in [1.807, 2.05) is 4.90 Å². The summed E-state index contributed by atoms with van der Waals surface area (Å²) in [5, 5.41) is 6.44. The predicted octanol–water partition coefficient (Wildman–Crippen LogP) is 0.336. The number of piperidine rings is 1. The highest BCUT2D eigenvalue weighted by Gasteiger charge is 2.42. The zero-order valence-corrected chi connectivity index (χ0v) is 19.5. The molecule has 2 N–H and O–H groups in total. The van der Waals surface area contributed by atoms with Crippen molar-refractivity contribution >= 4 is 41.8 Å². The van der Waals surface area contributed by atoms with Gasteiger partial charge in [-0.3, -0.25) is 19.5 Å². The molecular formula is C19H35IN6O2. The molecular weight excluding hydrogens is 471 g/mol. The van der Waals surface area contributed by atoms with Crippen molar-refractivity contribution in [2.24, 2.45) is 10.4 Å². The molecule has 0 bridgehead atoms. The Hall–Kier alpha value is -1.10. The van der Waals surface area contributed by atoms with Crippen LogP contribution >= 0.6 is 24.0 Å². The molecule has 1 atom stereocenters. The first-order valence-electron chi connectivity index (χ1n) is 10.3. The monoisotopic (exact) mass is 506 g/mol. The standard InChI is InChI=1S/C19H34N6O2.HI/c1-3-20-18(21-6-8-23-9-11-24(12-10-23)16(2)26)25-7-4-5-19(15-25)13-17(27)22-14-19;/h3-15H2,1-2H3,(H,20,21)(H,22,27);1H. The maximum absolute atomic E-state index is 11.7. The number of rotatable bonds is 4. The average Bonchev–Trinajstić information content (AvgIpc) is 3.01. The Bertz CT molecular complexity index is 579. The summed E-state index contributed by atoms with van der Waals surface area (Å²) in [6, 6.07) is 0. The van der Waals surface area contributed by atoms with E-state index in [2.05, 4.69) is 27.4 Å². The summed E-state index contributed by atoms with van der Waals surface area (Å²) in [5.41, 5.74) is 0.0779. The second-order valence-corrected chi connectivity index (χ2v) is 8.06. The van der Waals surface area contributed by atoms with Gasteiger partial charge < -0.3 is 20.4 Å². The van der Waals surface area contributed by atoms with Crippen LogP contribution in [0, 0.1) is 5.41 Å². The smallest absolute Gasteiger partial charge is 0.220 e. The molecule has 3 rings (SSSR count). The van der Waals surface area contributed by atoms with Crippen LogP contribution in [0.1, 0.15) is 33.1 Å². The normalized spacial score (nSPS) is 26.2. The minimum Gasteiger partial charge on any atom is -0.357 e. The van der Waals surface area contributed by atoms with Crippen molar-refractivity contribution in [3.63, 3.8) is 0 Å². The number of hydrogen-bond acceptors (Lipinski definition) is 4. The van der Waals surface area contributed by atoms with Gasteiger partial charge in [0.1, 0.15) is 0 Å². The van der Waals surface area contributed by atoms with E-state index in [4.69, 9.17) is 4.99 Å². The summed E-state index contributed by atoms with van der Waals surface area (Å²) in [7, 11) is 0. The molecule has 3 fully saturated rings. The molecule has 3 aliphatic rings. The lowest BCUT2D eigenvalue weighted by Gasteiger charge is -2.41. The zero-order chi connectivity index (χ0) is 19.3. The topological polar surface area (TPSA) is 80.3 Å². The molecule has 2 amide bonds. The highest BCUT2D eigenvalue weighted by atomic mass is 127. The Kier molecular flexibility index (Phi) is 8.79. The summed E-state index contributed by atoms with van der Waals surface area (Å²) in [6.45, 7) is 12.4. The average molecular weight is 506 g/mol. The summed E-state index contributed by atoms with van der Waals surface area (Å²) in [6.07, 6.45) is 2.86. The van der Waals surface area contributed by atoms with Gasteiger partial charge in [0.05, 0.1) is 6.54 Å². The Morgan fingerprint density at radius 2 is 1.96 bits per heavy atom. The number of likely N-dealkylation sites (tertiary alicyclic amines) is 1. The van der Waals surface area contributed by atoms with E-state index in [9.17, 15) is 9.59 Å². The predicted molar refractivity (Wildman–Crippen MR) is 121 cm³/mol. The van der Waals surface area contributed by atoms with Crippen molar-refractivity contribution < 1.29 is 9.59 Å². The number of hydrogen-bond donors (Lipinski definition) is 2. The molecule has 8 nitrogen and oxygen atoms in total. The van der Waals surface area contributed by atoms with Crippen LogP contribution < -0.4 is 10.6 Å². The number of piperazine rings is 1. The first-order valence-corrected chi connectivity index (χ1v) is 10.3. The fraction of sp³-hybridized carbons (Fsp3) is 0.842. The Labute approximate surface area is 185 Å². The van der Waals surface area contributed by atoms with Gasteiger partial charge in [0, 0.05) is 77.7 Å². The second kappa shape index (κ2) is 10.6. The van der Waals surface area contributed by atoms with E-state index in [0.717, 1.165) is 84.2 Å². The Morgan fingerprint density at radius 3 is 2.57 bits per heavy atom. The number of carbonyl (C=O) groups is 2. The molecule has 0 saturated carbocycles. The molecule has 0 radical (unpaired) electrons. The largest absolute Gasteiger partial charge is 0.357 e. The van der Waals surface area contributed by atoms with Crippen LogP contribution in [0.5, 0.6) is 0 Å². The molecule has 1 spiro atoms. The van der Waals surface area contributed by atoms with E-state index in [1.165, 1.54) is 0 Å². The van der Waals surface area contributed by atoms with Gasteiger partial charge in [0.15, 0.2) is 5.96 Å². The lowest BCUT2D eigenvalue weighted by Crippen LogP contribution is -2.51. The minimum absolute atomic E-state index is 0. The molecule has 1 unspecified atom stereocenters. The third-order valence-corrected chi connectivity index (χ3v) is 5.99. The third kappa shape index (κ3) is 5.95. The number of guanidine groups is 1. The van der Waals surface area contributed by atoms with Crippen molar-refractivity contribution in [3.05, 3.63) is 0 Å². The van der Waals surface area contributed by atoms with E-state index >= 15 is 0 Å². The maximum atomic E-state index is 11.7. The Morgan fingerprint density at radius 1 is 1.21 bits per heavy atom. The molecule has 0 aromatic heterocycles. The summed E-state index contributed by atoms with van der Waals surface area (Å²) < 4.78 is 0. The Balaban J connectivity index is 0.00000280. The summed E-state index contributed by atoms with van der Waals surface area (Å²) in [5.74, 6) is 1.32. The van der Waals surface area contributed by atoms with Crippen LogP contribution in [-0.2, 0) is 9.59 Å². The summed E-state index contributed by atoms with van der Waals surface area (Å²) in [4.78, 5) is 34.6. The van der Waals surface area contributed by atoms with Crippen LogP contribution in [0.3, 0.4) is 0 Å². The number of nitrogens with zero attached hydrogens (tertiary/aromatic N) is 4. The first kappa shape index (κ1) is 23.2. The number of nitrogens with one attached hydrogen (secondary N) is 2. The van der Waals surface area contributed by atoms with E-state index < -0.39 is 0 Å². The van der Waals surface area contributed by atoms with Gasteiger partial charge in [-0.2, -0.15) is 0 Å². The van der Waals surface area contributed by atoms with Gasteiger partial charge in [-0.15, -0.1) is 24.0 Å². The van der Waals surface area contributed by atoms with Crippen molar-refractivity contribution in [2.45, 2.75) is 33.1 Å². The molecule has 9 heteroatoms. The molecule has 0 aromatic rings. The molecule has 3 aliphatic heterocycles. The number of amides is 2. The van der Waals surface area contributed by atoms with Gasteiger partial charge >= 0.3 is 0 Å². The van der Waals surface area contributed by atoms with Crippen LogP contribution in [0.25, 0.3) is 0 Å². The van der Waals surface area contributed by atoms with Gasteiger partial charge in [0.2, 0.25) is 11.8 Å². The number of aliphatic imine (C=N–C) groups is 1. The van der Waals surface area contributed by atoms with E-state index in [0.29, 0.717) is 6.42 Å². The third-order valence-electron chi connectivity index (χ3n) is 5.99. The molecule has 3 saturated heterocycles. The van der Waals surface area contributed by atoms with Crippen molar-refractivity contribution in [1.29, 1.82) is 0 Å². The molecule has 160 valence electrons. The molecule has 3 heterocycles. The molecule has 0 aromatic carbocycles. The molecule has 0 aliphatic carbocycles. The van der Waals surface area contributed by atoms with Crippen LogP contribution in [0.2, 0.25) is 0 Å². The lowest BCUT2D eigenvalue weighted by atomic mass is 9.79. The second-order valence-electron chi connectivity index (χ2n) is 8.06. The number of carbonyl (C=O) groups excluding carboxylic acids is 2. The quantitative estimate of drug-likeness (QED) is 0.327. The van der Waals surface area contributed by atoms with Crippen LogP contribution in [-0.4, -0.2) is 97.9 Å². The molecule has 28 heavy (non-hydrogen) atoms. The van der Waals surface area contributed by atoms with Crippen LogP contribution in [0.15, 0.2) is 4.99 Å². The van der Waals surface area contributed by atoms with Gasteiger partial charge in [-0.25, -0.2) is 0 Å². The van der Waals surface area contributed by atoms with E-state index in [-0.39, 0.29) is 41.2 Å². The fourth-order valence-electron chi connectivity index (χ4n) is 4.44. The minimum atomic E-state index is 0. The van der Waals surface area contributed by atoms with Gasteiger partial charge in [-0.05, 0) is 19.8 Å². The van der Waals surface area contributed by atoms with Crippen molar-refractivity contribution in [2.75, 3.05) is 65.4 Å². The lowest BCUT2D eigenvalue weighted by molar-refractivity contribution is -0.130. The zero-order valence-electron chi connectivity index (χ0n) is 17.2. The maximum Gasteiger partial charge on any atom is 0.220 e. The highest BCUT2D eigenvalue weighted by molar-refractivity contribution is 14.0. The van der Waals surface area contributed by atoms with Gasteiger partial charge in [-0.1, -0.05) is 0 Å². The van der Waals surface area contributed by atoms with Crippen molar-refractivity contribution in [1.82, 2.24) is 25.3 Å². The number of halogens is 1. The van der Waals surface area contributed by atoms with Gasteiger partial charge in [0.25, 0.3) is 0 Å².